The number of nitrogens with zero attached hydrogens (tertiary/aromatic N) is 3. The van der Waals surface area contributed by atoms with Gasteiger partial charge in [-0.25, -0.2) is 0 Å². The Morgan fingerprint density at radius 1 is 1.36 bits per heavy atom. The molecule has 0 aliphatic heterocycles. The van der Waals surface area contributed by atoms with Crippen LogP contribution in [0, 0.1) is 12.8 Å². The number of hydrogen-bond acceptors (Lipinski definition) is 5. The van der Waals surface area contributed by atoms with E-state index in [1.165, 1.54) is 19.3 Å². The van der Waals surface area contributed by atoms with Crippen molar-refractivity contribution in [1.82, 2.24) is 15.0 Å². The van der Waals surface area contributed by atoms with E-state index in [1.54, 1.807) is 0 Å². The second-order valence-corrected chi connectivity index (χ2v) is 3.74. The van der Waals surface area contributed by atoms with Gasteiger partial charge in [0, 0.05) is 6.54 Å². The molecule has 0 radical (unpaired) electrons. The molecule has 1 fully saturated rings. The zero-order valence-corrected chi connectivity index (χ0v) is 8.32. The van der Waals surface area contributed by atoms with Gasteiger partial charge in [0.15, 0.2) is 0 Å². The lowest BCUT2D eigenvalue weighted by atomic mass is 9.85. The lowest BCUT2D eigenvalue weighted by Crippen LogP contribution is -2.22. The molecule has 1 aromatic rings. The van der Waals surface area contributed by atoms with Gasteiger partial charge in [-0.05, 0) is 25.7 Å². The van der Waals surface area contributed by atoms with E-state index in [2.05, 4.69) is 20.3 Å². The molecule has 0 bridgehead atoms. The predicted octanol–water partition coefficient (Wildman–Crippen LogP) is 0.974. The Kier molecular flexibility index (Phi) is 2.47. The van der Waals surface area contributed by atoms with Crippen LogP contribution in [0.25, 0.3) is 0 Å². The minimum absolute atomic E-state index is 0.286. The van der Waals surface area contributed by atoms with E-state index in [0.29, 0.717) is 11.8 Å². The summed E-state index contributed by atoms with van der Waals surface area (Å²) in [4.78, 5) is 12.1. The van der Waals surface area contributed by atoms with Crippen LogP contribution in [0.4, 0.5) is 11.9 Å². The molecule has 3 N–H and O–H groups in total. The number of aromatic nitrogens is 3. The minimum atomic E-state index is 0.286. The summed E-state index contributed by atoms with van der Waals surface area (Å²) >= 11 is 0. The zero-order valence-electron chi connectivity index (χ0n) is 8.32. The van der Waals surface area contributed by atoms with Crippen molar-refractivity contribution in [1.29, 1.82) is 0 Å². The van der Waals surface area contributed by atoms with Crippen LogP contribution >= 0.6 is 0 Å². The Bertz CT molecular complexity index is 301. The molecule has 5 heteroatoms. The molecule has 0 amide bonds. The van der Waals surface area contributed by atoms with E-state index in [9.17, 15) is 0 Å². The van der Waals surface area contributed by atoms with Gasteiger partial charge >= 0.3 is 0 Å². The summed E-state index contributed by atoms with van der Waals surface area (Å²) in [6.07, 6.45) is 3.98. The molecule has 1 saturated carbocycles. The molecule has 1 aliphatic rings. The highest BCUT2D eigenvalue weighted by Gasteiger charge is 2.17. The number of hydrogen-bond donors (Lipinski definition) is 2. The molecular weight excluding hydrogens is 178 g/mol. The quantitative estimate of drug-likeness (QED) is 0.748. The van der Waals surface area contributed by atoms with Gasteiger partial charge in [-0.2, -0.15) is 15.0 Å². The monoisotopic (exact) mass is 193 g/mol. The lowest BCUT2D eigenvalue weighted by Gasteiger charge is -2.25. The zero-order chi connectivity index (χ0) is 9.97. The molecule has 0 unspecified atom stereocenters. The van der Waals surface area contributed by atoms with Crippen LogP contribution in [0.5, 0.6) is 0 Å². The molecule has 76 valence electrons. The Morgan fingerprint density at radius 3 is 2.71 bits per heavy atom. The first-order valence-corrected chi connectivity index (χ1v) is 4.96. The standard InChI is InChI=1S/C9H15N5/c1-6-12-8(10)14-9(13-6)11-5-7-3-2-4-7/h7H,2-5H2,1H3,(H3,10,11,12,13,14). The Labute approximate surface area is 83.2 Å². The average molecular weight is 193 g/mol. The Morgan fingerprint density at radius 2 is 2.14 bits per heavy atom. The number of nitrogen functional groups attached to an aromatic ring is 1. The third-order valence-corrected chi connectivity index (χ3v) is 2.54. The molecule has 1 aliphatic carbocycles. The second-order valence-electron chi connectivity index (χ2n) is 3.74. The molecule has 1 heterocycles. The SMILES string of the molecule is Cc1nc(N)nc(NCC2CCC2)n1. The first-order chi connectivity index (χ1) is 6.74. The smallest absolute Gasteiger partial charge is 0.227 e. The lowest BCUT2D eigenvalue weighted by molar-refractivity contribution is 0.333. The molecular formula is C9H15N5. The van der Waals surface area contributed by atoms with Crippen molar-refractivity contribution in [2.45, 2.75) is 26.2 Å². The second kappa shape index (κ2) is 3.77. The van der Waals surface area contributed by atoms with Gasteiger partial charge in [-0.15, -0.1) is 0 Å². The van der Waals surface area contributed by atoms with Gasteiger partial charge in [0.25, 0.3) is 0 Å². The fourth-order valence-electron chi connectivity index (χ4n) is 1.51. The van der Waals surface area contributed by atoms with Crippen LogP contribution in [-0.4, -0.2) is 21.5 Å². The Hall–Kier alpha value is -1.39. The number of anilines is 2. The number of nitrogens with one attached hydrogen (secondary N) is 1. The van der Waals surface area contributed by atoms with E-state index in [4.69, 9.17) is 5.73 Å². The Balaban J connectivity index is 1.94. The molecule has 2 rings (SSSR count). The molecule has 0 atom stereocenters. The maximum absolute atomic E-state index is 5.51. The van der Waals surface area contributed by atoms with Crippen molar-refractivity contribution in [2.75, 3.05) is 17.6 Å². The average Bonchev–Trinajstić information content (AvgIpc) is 1.99. The maximum atomic E-state index is 5.51. The van der Waals surface area contributed by atoms with E-state index in [0.717, 1.165) is 12.5 Å². The van der Waals surface area contributed by atoms with Gasteiger partial charge in [0.2, 0.25) is 11.9 Å². The third kappa shape index (κ3) is 2.10. The first kappa shape index (κ1) is 9.18. The van der Waals surface area contributed by atoms with Crippen molar-refractivity contribution in [3.63, 3.8) is 0 Å². The fourth-order valence-corrected chi connectivity index (χ4v) is 1.51. The predicted molar refractivity (Wildman–Crippen MR) is 54.8 cm³/mol. The molecule has 0 aromatic carbocycles. The number of aryl methyl sites for hydroxylation is 1. The van der Waals surface area contributed by atoms with Crippen molar-refractivity contribution < 1.29 is 0 Å². The molecule has 5 nitrogen and oxygen atoms in total. The summed E-state index contributed by atoms with van der Waals surface area (Å²) < 4.78 is 0. The van der Waals surface area contributed by atoms with Gasteiger partial charge < -0.3 is 11.1 Å². The normalized spacial score (nSPS) is 16.4. The summed E-state index contributed by atoms with van der Waals surface area (Å²) in [6.45, 7) is 2.76. The molecule has 1 aromatic heterocycles. The topological polar surface area (TPSA) is 76.7 Å². The minimum Gasteiger partial charge on any atom is -0.368 e. The van der Waals surface area contributed by atoms with Crippen LogP contribution < -0.4 is 11.1 Å². The van der Waals surface area contributed by atoms with Crippen molar-refractivity contribution in [3.8, 4) is 0 Å². The van der Waals surface area contributed by atoms with Crippen LogP contribution in [0.3, 0.4) is 0 Å². The molecule has 14 heavy (non-hydrogen) atoms. The maximum Gasteiger partial charge on any atom is 0.227 e. The van der Waals surface area contributed by atoms with Gasteiger partial charge in [-0.3, -0.25) is 0 Å². The summed E-state index contributed by atoms with van der Waals surface area (Å²) in [5.74, 6) is 2.33. The third-order valence-electron chi connectivity index (χ3n) is 2.54. The van der Waals surface area contributed by atoms with Crippen molar-refractivity contribution in [3.05, 3.63) is 5.82 Å². The fraction of sp³-hybridized carbons (Fsp3) is 0.667. The van der Waals surface area contributed by atoms with Crippen LogP contribution in [-0.2, 0) is 0 Å². The van der Waals surface area contributed by atoms with Gasteiger partial charge in [0.1, 0.15) is 5.82 Å². The summed E-state index contributed by atoms with van der Waals surface area (Å²) in [5.41, 5.74) is 5.51. The largest absolute Gasteiger partial charge is 0.368 e. The highest BCUT2D eigenvalue weighted by atomic mass is 15.2. The van der Waals surface area contributed by atoms with Gasteiger partial charge in [-0.1, -0.05) is 6.42 Å². The van der Waals surface area contributed by atoms with Crippen LogP contribution in [0.1, 0.15) is 25.1 Å². The molecule has 0 saturated heterocycles. The highest BCUT2D eigenvalue weighted by Crippen LogP contribution is 2.25. The summed E-state index contributed by atoms with van der Waals surface area (Å²) in [6, 6.07) is 0. The summed E-state index contributed by atoms with van der Waals surface area (Å²) in [5, 5.41) is 3.19. The molecule has 0 spiro atoms. The van der Waals surface area contributed by atoms with Crippen LogP contribution in [0.2, 0.25) is 0 Å². The highest BCUT2D eigenvalue weighted by molar-refractivity contribution is 5.30. The van der Waals surface area contributed by atoms with Gasteiger partial charge in [0.05, 0.1) is 0 Å². The number of rotatable bonds is 3. The van der Waals surface area contributed by atoms with E-state index < -0.39 is 0 Å². The van der Waals surface area contributed by atoms with E-state index >= 15 is 0 Å². The van der Waals surface area contributed by atoms with Crippen molar-refractivity contribution >= 4 is 11.9 Å². The van der Waals surface area contributed by atoms with Crippen molar-refractivity contribution in [2.24, 2.45) is 5.92 Å². The summed E-state index contributed by atoms with van der Waals surface area (Å²) in [7, 11) is 0. The van der Waals surface area contributed by atoms with E-state index in [-0.39, 0.29) is 5.95 Å². The number of nitrogens with two attached hydrogens (primary N) is 1. The van der Waals surface area contributed by atoms with E-state index in [1.807, 2.05) is 6.92 Å². The van der Waals surface area contributed by atoms with Crippen LogP contribution in [0.15, 0.2) is 0 Å². The first-order valence-electron chi connectivity index (χ1n) is 4.96.